The number of esters is 1. The van der Waals surface area contributed by atoms with Crippen LogP contribution in [0, 0.1) is 24.2 Å². The number of carbonyl (C=O) groups excluding carboxylic acids is 3. The van der Waals surface area contributed by atoms with Gasteiger partial charge in [-0.3, -0.25) is 14.4 Å². The van der Waals surface area contributed by atoms with Gasteiger partial charge in [0.2, 0.25) is 5.91 Å². The van der Waals surface area contributed by atoms with Crippen LogP contribution in [0.4, 0.5) is 0 Å². The molecule has 0 radical (unpaired) electrons. The minimum Gasteiger partial charge on any atom is -0.457 e. The summed E-state index contributed by atoms with van der Waals surface area (Å²) in [6.45, 7) is 1.68. The van der Waals surface area contributed by atoms with E-state index in [1.54, 1.807) is 17.2 Å². The van der Waals surface area contributed by atoms with Crippen LogP contribution in [0.1, 0.15) is 48.7 Å². The lowest BCUT2D eigenvalue weighted by Crippen LogP contribution is -2.35. The Bertz CT molecular complexity index is 748. The van der Waals surface area contributed by atoms with Crippen molar-refractivity contribution in [2.45, 2.75) is 51.0 Å². The van der Waals surface area contributed by atoms with Crippen LogP contribution < -0.4 is 0 Å². The van der Waals surface area contributed by atoms with Crippen molar-refractivity contribution >= 4 is 29.0 Å². The maximum atomic E-state index is 12.3. The van der Waals surface area contributed by atoms with Gasteiger partial charge in [-0.25, -0.2) is 4.98 Å². The summed E-state index contributed by atoms with van der Waals surface area (Å²) in [5, 5.41) is 11.4. The lowest BCUT2D eigenvalue weighted by molar-refractivity contribution is -0.152. The third kappa shape index (κ3) is 3.93. The fourth-order valence-corrected chi connectivity index (χ4v) is 4.43. The molecule has 1 aromatic rings. The van der Waals surface area contributed by atoms with Gasteiger partial charge >= 0.3 is 5.97 Å². The number of amides is 1. The van der Waals surface area contributed by atoms with Gasteiger partial charge in [-0.1, -0.05) is 12.8 Å². The van der Waals surface area contributed by atoms with E-state index in [0.29, 0.717) is 11.6 Å². The topological polar surface area (TPSA) is 100 Å². The van der Waals surface area contributed by atoms with E-state index in [9.17, 15) is 19.6 Å². The predicted octanol–water partition coefficient (Wildman–Crippen LogP) is 1.96. The number of hydrogen-bond donors (Lipinski definition) is 0. The van der Waals surface area contributed by atoms with E-state index in [1.165, 1.54) is 11.3 Å². The van der Waals surface area contributed by atoms with Gasteiger partial charge < -0.3 is 9.64 Å². The third-order valence-corrected chi connectivity index (χ3v) is 5.98. The monoisotopic (exact) mass is 375 g/mol. The fourth-order valence-electron chi connectivity index (χ4n) is 3.57. The molecule has 1 amide bonds. The summed E-state index contributed by atoms with van der Waals surface area (Å²) in [6.07, 6.45) is 4.34. The van der Waals surface area contributed by atoms with Crippen molar-refractivity contribution < 1.29 is 19.1 Å². The second-order valence-electron chi connectivity index (χ2n) is 6.85. The molecule has 3 rings (SSSR count). The Kier molecular flexibility index (Phi) is 5.67. The Labute approximate surface area is 156 Å². The van der Waals surface area contributed by atoms with Crippen LogP contribution in [-0.4, -0.2) is 46.7 Å². The van der Waals surface area contributed by atoms with Gasteiger partial charge in [-0.2, -0.15) is 5.26 Å². The number of hydrogen-bond acceptors (Lipinski definition) is 7. The number of likely N-dealkylation sites (tertiary alicyclic amines) is 1. The molecule has 26 heavy (non-hydrogen) atoms. The lowest BCUT2D eigenvalue weighted by Gasteiger charge is -2.23. The molecule has 1 saturated carbocycles. The number of aromatic nitrogens is 1. The Morgan fingerprint density at radius 3 is 2.81 bits per heavy atom. The number of thiazole rings is 1. The number of ether oxygens (including phenoxy) is 1. The van der Waals surface area contributed by atoms with Crippen molar-refractivity contribution in [2.75, 3.05) is 13.2 Å². The summed E-state index contributed by atoms with van der Waals surface area (Å²) in [5.41, 5.74) is 0.742. The molecule has 0 bridgehead atoms. The van der Waals surface area contributed by atoms with E-state index in [1.807, 2.05) is 6.07 Å². The molecule has 2 heterocycles. The van der Waals surface area contributed by atoms with Crippen LogP contribution in [0.25, 0.3) is 0 Å². The van der Waals surface area contributed by atoms with E-state index in [2.05, 4.69) is 4.98 Å². The van der Waals surface area contributed by atoms with E-state index in [4.69, 9.17) is 4.74 Å². The van der Waals surface area contributed by atoms with Crippen molar-refractivity contribution in [3.8, 4) is 6.07 Å². The lowest BCUT2D eigenvalue weighted by atomic mass is 10.1. The molecule has 2 atom stereocenters. The minimum atomic E-state index is -1.03. The smallest absolute Gasteiger partial charge is 0.311 e. The van der Waals surface area contributed by atoms with E-state index < -0.39 is 30.2 Å². The van der Waals surface area contributed by atoms with Crippen LogP contribution in [0.15, 0.2) is 5.38 Å². The molecule has 1 aliphatic carbocycles. The fraction of sp³-hybridized carbons (Fsp3) is 0.611. The molecule has 2 aliphatic rings. The van der Waals surface area contributed by atoms with Crippen LogP contribution >= 0.6 is 11.3 Å². The molecule has 0 unspecified atom stereocenters. The quantitative estimate of drug-likeness (QED) is 0.705. The molecule has 0 aromatic carbocycles. The second kappa shape index (κ2) is 7.96. The van der Waals surface area contributed by atoms with Crippen molar-refractivity contribution in [1.29, 1.82) is 5.26 Å². The van der Waals surface area contributed by atoms with E-state index >= 15 is 0 Å². The molecule has 1 aliphatic heterocycles. The maximum absolute atomic E-state index is 12.3. The Morgan fingerprint density at radius 1 is 1.46 bits per heavy atom. The molecule has 7 nitrogen and oxygen atoms in total. The van der Waals surface area contributed by atoms with Crippen LogP contribution in [-0.2, 0) is 19.1 Å². The van der Waals surface area contributed by atoms with Crippen LogP contribution in [0.5, 0.6) is 0 Å². The highest BCUT2D eigenvalue weighted by Crippen LogP contribution is 2.30. The van der Waals surface area contributed by atoms with Crippen molar-refractivity contribution in [2.24, 2.45) is 5.92 Å². The summed E-state index contributed by atoms with van der Waals surface area (Å²) in [7, 11) is 0. The minimum absolute atomic E-state index is 0.0154. The first kappa shape index (κ1) is 18.5. The Morgan fingerprint density at radius 2 is 2.19 bits per heavy atom. The molecule has 0 N–H and O–H groups in total. The number of rotatable bonds is 6. The van der Waals surface area contributed by atoms with Crippen molar-refractivity contribution in [3.63, 3.8) is 0 Å². The number of Topliss-reactive ketones (excluding diaryl/α,β-unsaturated/α-hetero) is 1. The average molecular weight is 375 g/mol. The Hall–Kier alpha value is -2.27. The highest BCUT2D eigenvalue weighted by molar-refractivity contribution is 7.09. The predicted molar refractivity (Wildman–Crippen MR) is 93.2 cm³/mol. The van der Waals surface area contributed by atoms with Crippen LogP contribution in [0.2, 0.25) is 0 Å². The number of aryl methyl sites for hydroxylation is 1. The number of ketones is 1. The van der Waals surface area contributed by atoms with Crippen molar-refractivity contribution in [1.82, 2.24) is 9.88 Å². The highest BCUT2D eigenvalue weighted by atomic mass is 32.1. The van der Waals surface area contributed by atoms with Gasteiger partial charge in [0.05, 0.1) is 12.0 Å². The van der Waals surface area contributed by atoms with Gasteiger partial charge in [0.25, 0.3) is 0 Å². The zero-order chi connectivity index (χ0) is 18.7. The van der Waals surface area contributed by atoms with E-state index in [-0.39, 0.29) is 18.4 Å². The average Bonchev–Trinajstić information content (AvgIpc) is 3.34. The van der Waals surface area contributed by atoms with Crippen molar-refractivity contribution in [3.05, 3.63) is 16.1 Å². The molecule has 1 aromatic heterocycles. The number of nitriles is 1. The molecule has 138 valence electrons. The Balaban J connectivity index is 1.53. The summed E-state index contributed by atoms with van der Waals surface area (Å²) < 4.78 is 5.12. The molecule has 1 saturated heterocycles. The number of nitrogens with zero attached hydrogens (tertiary/aromatic N) is 3. The standard InChI is InChI=1S/C18H21N3O4S/c1-11-10-26-17(20-11)14(7-19)15(22)9-25-18(24)12-6-16(23)21(8-12)13-4-2-3-5-13/h10,12-14H,2-6,8-9H2,1H3/t12-,14+/m0/s1. The van der Waals surface area contributed by atoms with Gasteiger partial charge in [0.15, 0.2) is 18.3 Å². The summed E-state index contributed by atoms with van der Waals surface area (Å²) >= 11 is 1.24. The third-order valence-electron chi connectivity index (χ3n) is 4.95. The normalized spacial score (nSPS) is 21.6. The van der Waals surface area contributed by atoms with Gasteiger partial charge in [-0.05, 0) is 19.8 Å². The maximum Gasteiger partial charge on any atom is 0.311 e. The highest BCUT2D eigenvalue weighted by Gasteiger charge is 2.39. The van der Waals surface area contributed by atoms with Gasteiger partial charge in [0.1, 0.15) is 5.01 Å². The molecular formula is C18H21N3O4S. The van der Waals surface area contributed by atoms with Crippen LogP contribution in [0.3, 0.4) is 0 Å². The summed E-state index contributed by atoms with van der Waals surface area (Å²) in [6, 6.07) is 2.15. The molecule has 2 fully saturated rings. The second-order valence-corrected chi connectivity index (χ2v) is 7.74. The van der Waals surface area contributed by atoms with E-state index in [0.717, 1.165) is 31.4 Å². The zero-order valence-electron chi connectivity index (χ0n) is 14.6. The zero-order valence-corrected chi connectivity index (χ0v) is 15.5. The molecular weight excluding hydrogens is 354 g/mol. The first-order valence-corrected chi connectivity index (χ1v) is 9.68. The first-order valence-electron chi connectivity index (χ1n) is 8.80. The molecule has 8 heteroatoms. The van der Waals surface area contributed by atoms with Gasteiger partial charge in [0, 0.05) is 30.1 Å². The number of carbonyl (C=O) groups is 3. The molecule has 0 spiro atoms. The SMILES string of the molecule is Cc1csc([C@H](C#N)C(=O)COC(=O)[C@H]2CC(=O)N(C3CCCC3)C2)n1. The first-order chi connectivity index (χ1) is 12.5. The van der Waals surface area contributed by atoms with Gasteiger partial charge in [-0.15, -0.1) is 11.3 Å². The summed E-state index contributed by atoms with van der Waals surface area (Å²) in [5.74, 6) is -2.61. The largest absolute Gasteiger partial charge is 0.457 e. The summed E-state index contributed by atoms with van der Waals surface area (Å²) in [4.78, 5) is 42.6.